The van der Waals surface area contributed by atoms with Crippen LogP contribution < -0.4 is 0 Å². The smallest absolute Gasteiger partial charge is 0.371 e. The van der Waals surface area contributed by atoms with Crippen LogP contribution in [0.25, 0.3) is 0 Å². The van der Waals surface area contributed by atoms with Crippen LogP contribution >= 0.6 is 22.2 Å². The van der Waals surface area contributed by atoms with Crippen LogP contribution in [-0.2, 0) is 4.79 Å². The third-order valence-corrected chi connectivity index (χ3v) is 5.60. The highest BCUT2D eigenvalue weighted by Gasteiger charge is 2.17. The Bertz CT molecular complexity index is 569. The van der Waals surface area contributed by atoms with Gasteiger partial charge in [0.25, 0.3) is 0 Å². The standard InChI is InChI=1S/C12H10O4S2/c13-9(7-10(14)11(15)16)8-3-4-17-12(8)18-5-1-2-6-18/h1-7,14,18H,(H,15,16). The van der Waals surface area contributed by atoms with E-state index in [1.54, 1.807) is 11.4 Å². The van der Waals surface area contributed by atoms with Crippen LogP contribution in [0.5, 0.6) is 0 Å². The van der Waals surface area contributed by atoms with Crippen molar-refractivity contribution < 1.29 is 19.8 Å². The van der Waals surface area contributed by atoms with Crippen LogP contribution in [-0.4, -0.2) is 22.0 Å². The molecule has 0 saturated carbocycles. The van der Waals surface area contributed by atoms with Gasteiger partial charge in [0.2, 0.25) is 5.76 Å². The Hall–Kier alpha value is -1.79. The lowest BCUT2D eigenvalue weighted by Gasteiger charge is -2.09. The quantitative estimate of drug-likeness (QED) is 0.343. The molecule has 6 heteroatoms. The lowest BCUT2D eigenvalue weighted by atomic mass is 10.2. The van der Waals surface area contributed by atoms with E-state index in [0.717, 1.165) is 10.3 Å². The topological polar surface area (TPSA) is 74.6 Å². The highest BCUT2D eigenvalue weighted by atomic mass is 32.2. The number of carbonyl (C=O) groups excluding carboxylic acids is 1. The van der Waals surface area contributed by atoms with Gasteiger partial charge in [-0.3, -0.25) is 4.79 Å². The van der Waals surface area contributed by atoms with Gasteiger partial charge in [-0.05, 0) is 22.3 Å². The van der Waals surface area contributed by atoms with Gasteiger partial charge in [0.05, 0.1) is 4.21 Å². The van der Waals surface area contributed by atoms with Crippen molar-refractivity contribution in [3.05, 3.63) is 51.8 Å². The SMILES string of the molecule is O=C(O)C(O)=CC(=O)c1ccsc1[SH]1C=CC=C1. The van der Waals surface area contributed by atoms with Crippen molar-refractivity contribution in [2.45, 2.75) is 4.21 Å². The third-order valence-electron chi connectivity index (χ3n) is 2.24. The summed E-state index contributed by atoms with van der Waals surface area (Å²) in [5.74, 6) is -2.93. The molecule has 0 fully saturated rings. The lowest BCUT2D eigenvalue weighted by molar-refractivity contribution is -0.135. The molecule has 0 aromatic carbocycles. The summed E-state index contributed by atoms with van der Waals surface area (Å²) in [5.41, 5.74) is 0.454. The summed E-state index contributed by atoms with van der Waals surface area (Å²) in [6.45, 7) is 0. The number of carboxylic acids is 1. The molecule has 94 valence electrons. The Balaban J connectivity index is 2.29. The Morgan fingerprint density at radius 3 is 2.50 bits per heavy atom. The van der Waals surface area contributed by atoms with Crippen LogP contribution in [0.3, 0.4) is 0 Å². The molecule has 1 aromatic heterocycles. The van der Waals surface area contributed by atoms with E-state index in [1.165, 1.54) is 11.3 Å². The minimum atomic E-state index is -1.51. The molecule has 0 unspecified atom stereocenters. The first-order valence-corrected chi connectivity index (χ1v) is 7.34. The van der Waals surface area contributed by atoms with E-state index in [4.69, 9.17) is 10.2 Å². The summed E-state index contributed by atoms with van der Waals surface area (Å²) in [6.07, 6.45) is 4.58. The first-order valence-electron chi connectivity index (χ1n) is 4.98. The molecule has 0 spiro atoms. The zero-order valence-electron chi connectivity index (χ0n) is 9.11. The van der Waals surface area contributed by atoms with Gasteiger partial charge < -0.3 is 10.2 Å². The molecular formula is C12H10O4S2. The Morgan fingerprint density at radius 1 is 1.22 bits per heavy atom. The number of hydrogen-bond acceptors (Lipinski definition) is 4. The van der Waals surface area contributed by atoms with Crippen molar-refractivity contribution in [2.75, 3.05) is 0 Å². The van der Waals surface area contributed by atoms with Crippen molar-refractivity contribution in [3.63, 3.8) is 0 Å². The van der Waals surface area contributed by atoms with Crippen molar-refractivity contribution >= 4 is 34.0 Å². The van der Waals surface area contributed by atoms with Gasteiger partial charge in [-0.2, -0.15) is 10.9 Å². The van der Waals surface area contributed by atoms with Gasteiger partial charge in [-0.15, -0.1) is 11.3 Å². The number of aliphatic hydroxyl groups is 1. The molecule has 0 radical (unpaired) electrons. The fraction of sp³-hybridized carbons (Fsp3) is 0. The van der Waals surface area contributed by atoms with Crippen molar-refractivity contribution in [3.8, 4) is 0 Å². The Kier molecular flexibility index (Phi) is 3.69. The maximum Gasteiger partial charge on any atom is 0.371 e. The van der Waals surface area contributed by atoms with Crippen molar-refractivity contribution in [2.24, 2.45) is 0 Å². The van der Waals surface area contributed by atoms with Crippen LogP contribution in [0.15, 0.2) is 50.5 Å². The first-order chi connectivity index (χ1) is 8.59. The monoisotopic (exact) mass is 282 g/mol. The molecule has 2 N–H and O–H groups in total. The number of thiophene rings is 1. The molecule has 0 atom stereocenters. The normalized spacial score (nSPS) is 16.2. The van der Waals surface area contributed by atoms with E-state index in [-0.39, 0.29) is 0 Å². The van der Waals surface area contributed by atoms with Gasteiger partial charge in [-0.1, -0.05) is 12.2 Å². The predicted molar refractivity (Wildman–Crippen MR) is 72.5 cm³/mol. The molecule has 0 aliphatic carbocycles. The molecule has 18 heavy (non-hydrogen) atoms. The Labute approximate surface area is 110 Å². The first kappa shape index (κ1) is 12.7. The average Bonchev–Trinajstić information content (AvgIpc) is 2.99. The summed E-state index contributed by atoms with van der Waals surface area (Å²) in [5, 5.41) is 23.4. The molecule has 2 heterocycles. The molecular weight excluding hydrogens is 272 g/mol. The minimum absolute atomic E-state index is 0.454. The maximum atomic E-state index is 11.9. The van der Waals surface area contributed by atoms with Crippen LogP contribution in [0, 0.1) is 0 Å². The highest BCUT2D eigenvalue weighted by molar-refractivity contribution is 8.23. The number of hydrogen-bond donors (Lipinski definition) is 3. The van der Waals surface area contributed by atoms with E-state index >= 15 is 0 Å². The summed E-state index contributed by atoms with van der Waals surface area (Å²) in [7, 11) is -0.618. The second-order valence-electron chi connectivity index (χ2n) is 3.43. The number of ketones is 1. The molecule has 4 nitrogen and oxygen atoms in total. The number of thiol groups is 1. The molecule has 0 bridgehead atoms. The molecule has 0 amide bonds. The number of rotatable bonds is 4. The van der Waals surface area contributed by atoms with Crippen molar-refractivity contribution in [1.82, 2.24) is 0 Å². The van der Waals surface area contributed by atoms with Crippen molar-refractivity contribution in [1.29, 1.82) is 0 Å². The zero-order chi connectivity index (χ0) is 13.1. The average molecular weight is 282 g/mol. The molecule has 1 aliphatic rings. The molecule has 1 aliphatic heterocycles. The number of allylic oxidation sites excluding steroid dienone is 3. The van der Waals surface area contributed by atoms with Gasteiger partial charge in [-0.25, -0.2) is 4.79 Å². The number of aliphatic hydroxyl groups excluding tert-OH is 1. The summed E-state index contributed by atoms with van der Waals surface area (Å²) in [6, 6.07) is 1.65. The van der Waals surface area contributed by atoms with Gasteiger partial charge >= 0.3 is 5.97 Å². The van der Waals surface area contributed by atoms with Crippen LogP contribution in [0.1, 0.15) is 10.4 Å². The second kappa shape index (κ2) is 5.24. The molecule has 0 saturated heterocycles. The lowest BCUT2D eigenvalue weighted by Crippen LogP contribution is -2.04. The number of carbonyl (C=O) groups is 2. The van der Waals surface area contributed by atoms with Crippen LogP contribution in [0.4, 0.5) is 0 Å². The van der Waals surface area contributed by atoms with Gasteiger partial charge in [0.1, 0.15) is 0 Å². The Morgan fingerprint density at radius 2 is 1.89 bits per heavy atom. The largest absolute Gasteiger partial charge is 0.502 e. The zero-order valence-corrected chi connectivity index (χ0v) is 10.8. The summed E-state index contributed by atoms with van der Waals surface area (Å²) in [4.78, 5) is 22.3. The third kappa shape index (κ3) is 2.55. The predicted octanol–water partition coefficient (Wildman–Crippen LogP) is 2.86. The fourth-order valence-corrected chi connectivity index (χ4v) is 4.49. The number of aliphatic carboxylic acids is 1. The second-order valence-corrected chi connectivity index (χ2v) is 6.51. The van der Waals surface area contributed by atoms with Crippen LogP contribution in [0.2, 0.25) is 0 Å². The van der Waals surface area contributed by atoms with Gasteiger partial charge in [0, 0.05) is 11.6 Å². The van der Waals surface area contributed by atoms with E-state index in [0.29, 0.717) is 5.56 Å². The van der Waals surface area contributed by atoms with E-state index < -0.39 is 28.4 Å². The van der Waals surface area contributed by atoms with Gasteiger partial charge in [0.15, 0.2) is 5.78 Å². The highest BCUT2D eigenvalue weighted by Crippen LogP contribution is 2.46. The van der Waals surface area contributed by atoms with E-state index in [9.17, 15) is 9.59 Å². The fourth-order valence-electron chi connectivity index (χ4n) is 1.42. The summed E-state index contributed by atoms with van der Waals surface area (Å²) >= 11 is 1.46. The minimum Gasteiger partial charge on any atom is -0.502 e. The van der Waals surface area contributed by atoms with E-state index in [1.807, 2.05) is 23.0 Å². The maximum absolute atomic E-state index is 11.9. The summed E-state index contributed by atoms with van der Waals surface area (Å²) < 4.78 is 0.912. The number of carboxylic acid groups (broad SMARTS) is 1. The molecule has 2 rings (SSSR count). The van der Waals surface area contributed by atoms with E-state index in [2.05, 4.69) is 0 Å². The molecule has 1 aromatic rings.